The molecule has 1 rings (SSSR count). The van der Waals surface area contributed by atoms with Crippen LogP contribution in [0.15, 0.2) is 0 Å². The molecule has 2 N–H and O–H groups in total. The van der Waals surface area contributed by atoms with Gasteiger partial charge in [-0.1, -0.05) is 6.92 Å². The van der Waals surface area contributed by atoms with Crippen molar-refractivity contribution in [2.24, 2.45) is 0 Å². The Morgan fingerprint density at radius 1 is 1.50 bits per heavy atom. The van der Waals surface area contributed by atoms with Gasteiger partial charge in [-0.3, -0.25) is 4.79 Å². The Balaban J connectivity index is 2.32. The number of sulfone groups is 1. The van der Waals surface area contributed by atoms with Crippen molar-refractivity contribution < 1.29 is 23.1 Å². The third kappa shape index (κ3) is 4.85. The zero-order valence-electron chi connectivity index (χ0n) is 10.1. The van der Waals surface area contributed by atoms with Crippen LogP contribution in [0.5, 0.6) is 0 Å². The van der Waals surface area contributed by atoms with E-state index in [0.717, 1.165) is 0 Å². The van der Waals surface area contributed by atoms with E-state index in [1.54, 1.807) is 6.92 Å². The second-order valence-corrected chi connectivity index (χ2v) is 7.72. The molecule has 0 aromatic carbocycles. The van der Waals surface area contributed by atoms with Crippen LogP contribution in [0.1, 0.15) is 19.8 Å². The summed E-state index contributed by atoms with van der Waals surface area (Å²) < 4.78 is 22.4. The van der Waals surface area contributed by atoms with Crippen LogP contribution in [0.25, 0.3) is 0 Å². The molecule has 8 heteroatoms. The van der Waals surface area contributed by atoms with Gasteiger partial charge in [0.05, 0.1) is 17.3 Å². The molecule has 0 radical (unpaired) electrons. The highest BCUT2D eigenvalue weighted by Crippen LogP contribution is 2.23. The molecule has 0 aliphatic carbocycles. The maximum Gasteiger partial charge on any atom is 0.326 e. The summed E-state index contributed by atoms with van der Waals surface area (Å²) in [5.74, 6) is -1.03. The number of amides is 1. The van der Waals surface area contributed by atoms with Crippen molar-refractivity contribution in [1.82, 2.24) is 5.32 Å². The summed E-state index contributed by atoms with van der Waals surface area (Å²) in [5, 5.41) is 11.1. The minimum atomic E-state index is -2.93. The predicted octanol–water partition coefficient (Wildman–Crippen LogP) is -0.114. The van der Waals surface area contributed by atoms with Crippen LogP contribution in [0, 0.1) is 0 Å². The van der Waals surface area contributed by atoms with Crippen molar-refractivity contribution in [3.05, 3.63) is 0 Å². The summed E-state index contributed by atoms with van der Waals surface area (Å²) >= 11 is 1.27. The summed E-state index contributed by atoms with van der Waals surface area (Å²) in [6.07, 6.45) is 0.889. The van der Waals surface area contributed by atoms with Crippen LogP contribution in [-0.4, -0.2) is 54.0 Å². The van der Waals surface area contributed by atoms with Crippen molar-refractivity contribution in [3.8, 4) is 0 Å². The SMILES string of the molecule is CCC(NC(=O)CSC1CCS(=O)(=O)C1)C(=O)O. The summed E-state index contributed by atoms with van der Waals surface area (Å²) in [4.78, 5) is 22.2. The molecular formula is C10H17NO5S2. The van der Waals surface area contributed by atoms with E-state index in [2.05, 4.69) is 5.32 Å². The first-order chi connectivity index (χ1) is 8.34. The molecule has 2 atom stereocenters. The Bertz CT molecular complexity index is 420. The molecule has 2 unspecified atom stereocenters. The van der Waals surface area contributed by atoms with Gasteiger partial charge in [0.25, 0.3) is 0 Å². The quantitative estimate of drug-likeness (QED) is 0.709. The highest BCUT2D eigenvalue weighted by atomic mass is 32.2. The van der Waals surface area contributed by atoms with Crippen molar-refractivity contribution >= 4 is 33.5 Å². The van der Waals surface area contributed by atoms with E-state index in [9.17, 15) is 18.0 Å². The lowest BCUT2D eigenvalue weighted by Crippen LogP contribution is -2.41. The van der Waals surface area contributed by atoms with Crippen LogP contribution in [-0.2, 0) is 19.4 Å². The molecule has 18 heavy (non-hydrogen) atoms. The van der Waals surface area contributed by atoms with E-state index >= 15 is 0 Å². The Morgan fingerprint density at radius 3 is 2.61 bits per heavy atom. The van der Waals surface area contributed by atoms with E-state index in [1.165, 1.54) is 11.8 Å². The van der Waals surface area contributed by atoms with Gasteiger partial charge in [0.15, 0.2) is 9.84 Å². The Morgan fingerprint density at radius 2 is 2.17 bits per heavy atom. The first kappa shape index (κ1) is 15.3. The number of carbonyl (C=O) groups is 2. The van der Waals surface area contributed by atoms with Crippen LogP contribution < -0.4 is 5.32 Å². The van der Waals surface area contributed by atoms with Gasteiger partial charge in [0, 0.05) is 5.25 Å². The Labute approximate surface area is 110 Å². The predicted molar refractivity (Wildman–Crippen MR) is 69.4 cm³/mol. The summed E-state index contributed by atoms with van der Waals surface area (Å²) in [7, 11) is -2.93. The maximum absolute atomic E-state index is 11.5. The molecule has 1 aliphatic rings. The normalized spacial score (nSPS) is 23.5. The van der Waals surface area contributed by atoms with Gasteiger partial charge in [0.1, 0.15) is 6.04 Å². The molecule has 0 spiro atoms. The van der Waals surface area contributed by atoms with Crippen molar-refractivity contribution in [1.29, 1.82) is 0 Å². The highest BCUT2D eigenvalue weighted by molar-refractivity contribution is 8.02. The molecule has 1 heterocycles. The summed E-state index contributed by atoms with van der Waals surface area (Å²) in [6, 6.07) is -0.870. The molecular weight excluding hydrogens is 278 g/mol. The Kier molecular flexibility index (Phi) is 5.46. The van der Waals surface area contributed by atoms with E-state index in [-0.39, 0.29) is 28.4 Å². The fraction of sp³-hybridized carbons (Fsp3) is 0.800. The van der Waals surface area contributed by atoms with E-state index in [0.29, 0.717) is 12.8 Å². The maximum atomic E-state index is 11.5. The largest absolute Gasteiger partial charge is 0.480 e. The van der Waals surface area contributed by atoms with Gasteiger partial charge < -0.3 is 10.4 Å². The number of rotatable bonds is 6. The molecule has 0 aromatic rings. The number of thioether (sulfide) groups is 1. The topological polar surface area (TPSA) is 101 Å². The minimum absolute atomic E-state index is 0.0503. The lowest BCUT2D eigenvalue weighted by molar-refractivity contribution is -0.141. The van der Waals surface area contributed by atoms with E-state index < -0.39 is 21.8 Å². The highest BCUT2D eigenvalue weighted by Gasteiger charge is 2.28. The Hall–Kier alpha value is -0.760. The standard InChI is InChI=1S/C10H17NO5S2/c1-2-8(10(13)14)11-9(12)5-17-7-3-4-18(15,16)6-7/h7-8H,2-6H2,1H3,(H,11,12)(H,13,14). The molecule has 104 valence electrons. The van der Waals surface area contributed by atoms with Crippen molar-refractivity contribution in [2.75, 3.05) is 17.3 Å². The van der Waals surface area contributed by atoms with Gasteiger partial charge in [0.2, 0.25) is 5.91 Å². The number of hydrogen-bond acceptors (Lipinski definition) is 5. The molecule has 0 bridgehead atoms. The second kappa shape index (κ2) is 6.42. The van der Waals surface area contributed by atoms with E-state index in [1.807, 2.05) is 0 Å². The van der Waals surface area contributed by atoms with Gasteiger partial charge in [-0.2, -0.15) is 0 Å². The zero-order chi connectivity index (χ0) is 13.8. The lowest BCUT2D eigenvalue weighted by atomic mass is 10.2. The molecule has 1 aliphatic heterocycles. The van der Waals surface area contributed by atoms with E-state index in [4.69, 9.17) is 5.11 Å². The van der Waals surface area contributed by atoms with Crippen LogP contribution in [0.4, 0.5) is 0 Å². The fourth-order valence-electron chi connectivity index (χ4n) is 1.66. The third-order valence-corrected chi connectivity index (χ3v) is 5.96. The summed E-state index contributed by atoms with van der Waals surface area (Å²) in [5.41, 5.74) is 0. The van der Waals surface area contributed by atoms with Crippen LogP contribution in [0.2, 0.25) is 0 Å². The van der Waals surface area contributed by atoms with Crippen molar-refractivity contribution in [2.45, 2.75) is 31.1 Å². The average Bonchev–Trinajstić information content (AvgIpc) is 2.62. The van der Waals surface area contributed by atoms with Gasteiger partial charge in [-0.25, -0.2) is 13.2 Å². The van der Waals surface area contributed by atoms with Gasteiger partial charge in [-0.15, -0.1) is 11.8 Å². The number of aliphatic carboxylic acids is 1. The molecule has 6 nitrogen and oxygen atoms in total. The number of carbonyl (C=O) groups excluding carboxylic acids is 1. The number of carboxylic acid groups (broad SMARTS) is 1. The summed E-state index contributed by atoms with van der Waals surface area (Å²) in [6.45, 7) is 1.68. The van der Waals surface area contributed by atoms with Gasteiger partial charge in [-0.05, 0) is 12.8 Å². The van der Waals surface area contributed by atoms with Crippen molar-refractivity contribution in [3.63, 3.8) is 0 Å². The number of nitrogens with one attached hydrogen (secondary N) is 1. The fourth-order valence-corrected chi connectivity index (χ4v) is 5.11. The average molecular weight is 295 g/mol. The van der Waals surface area contributed by atoms with Crippen LogP contribution >= 0.6 is 11.8 Å². The second-order valence-electron chi connectivity index (χ2n) is 4.20. The smallest absolute Gasteiger partial charge is 0.326 e. The monoisotopic (exact) mass is 295 g/mol. The zero-order valence-corrected chi connectivity index (χ0v) is 11.7. The minimum Gasteiger partial charge on any atom is -0.480 e. The third-order valence-electron chi connectivity index (χ3n) is 2.68. The van der Waals surface area contributed by atoms with Gasteiger partial charge >= 0.3 is 5.97 Å². The lowest BCUT2D eigenvalue weighted by Gasteiger charge is -2.13. The number of carboxylic acids is 1. The molecule has 1 fully saturated rings. The molecule has 0 saturated carbocycles. The molecule has 1 saturated heterocycles. The molecule has 0 aromatic heterocycles. The first-order valence-corrected chi connectivity index (χ1v) is 8.55. The number of hydrogen-bond donors (Lipinski definition) is 2. The van der Waals surface area contributed by atoms with Crippen LogP contribution in [0.3, 0.4) is 0 Å². The molecule has 1 amide bonds. The first-order valence-electron chi connectivity index (χ1n) is 5.68.